The molecule has 0 unspecified atom stereocenters. The van der Waals surface area contributed by atoms with Crippen LogP contribution >= 0.6 is 0 Å². The van der Waals surface area contributed by atoms with Gasteiger partial charge in [-0.05, 0) is 24.3 Å². The first-order chi connectivity index (χ1) is 8.92. The number of rotatable bonds is 4. The maximum atomic E-state index is 11.8. The molecule has 0 radical (unpaired) electrons. The third-order valence-electron chi connectivity index (χ3n) is 2.24. The zero-order valence-corrected chi connectivity index (χ0v) is 15.4. The first-order valence-corrected chi connectivity index (χ1v) is 8.05. The van der Waals surface area contributed by atoms with Gasteiger partial charge in [0.1, 0.15) is 0 Å². The number of hydrogen-bond donors (Lipinski definition) is 0. The molecule has 0 amide bonds. The molecule has 5 nitrogen and oxygen atoms in total. The average molecular weight is 368 g/mol. The van der Waals surface area contributed by atoms with Crippen molar-refractivity contribution in [2.75, 3.05) is 0 Å². The van der Waals surface area contributed by atoms with E-state index in [0.717, 1.165) is 0 Å². The Morgan fingerprint density at radius 3 is 1.24 bits per heavy atom. The monoisotopic (exact) mass is 368 g/mol. The first-order valence-electron chi connectivity index (χ1n) is 5.23. The van der Waals surface area contributed by atoms with Gasteiger partial charge in [-0.3, -0.25) is 0 Å². The van der Waals surface area contributed by atoms with Gasteiger partial charge in [0.05, 0.1) is 9.79 Å². The van der Waals surface area contributed by atoms with E-state index in [-0.39, 0.29) is 80.0 Å². The van der Waals surface area contributed by atoms with E-state index < -0.39 is 20.2 Å². The normalized spacial score (nSPS) is 11.0. The second-order valence-electron chi connectivity index (χ2n) is 3.60. The average Bonchev–Trinajstić information content (AvgIpc) is 2.40. The SMILES string of the molecule is O=S(=O)(OS(=O)(=O)c1ccccc1)c1ccccc1.[AlH3].[H-].[K+]. The van der Waals surface area contributed by atoms with Crippen molar-refractivity contribution >= 4 is 37.6 Å². The summed E-state index contributed by atoms with van der Waals surface area (Å²) in [7, 11) is -8.71. The summed E-state index contributed by atoms with van der Waals surface area (Å²) in [5, 5.41) is 0. The molecule has 0 saturated carbocycles. The molecule has 0 N–H and O–H groups in total. The quantitative estimate of drug-likeness (QED) is 0.568. The van der Waals surface area contributed by atoms with Gasteiger partial charge in [0, 0.05) is 0 Å². The van der Waals surface area contributed by atoms with Gasteiger partial charge in [-0.2, -0.15) is 16.8 Å². The Kier molecular flexibility index (Phi) is 9.13. The van der Waals surface area contributed by atoms with Gasteiger partial charge in [-0.1, -0.05) is 36.4 Å². The summed E-state index contributed by atoms with van der Waals surface area (Å²) >= 11 is 0. The summed E-state index contributed by atoms with van der Waals surface area (Å²) < 4.78 is 51.6. The maximum Gasteiger partial charge on any atom is 1.00 e. The fraction of sp³-hybridized carbons (Fsp3) is 0. The van der Waals surface area contributed by atoms with E-state index >= 15 is 0 Å². The molecule has 2 aromatic carbocycles. The van der Waals surface area contributed by atoms with Gasteiger partial charge in [0.2, 0.25) is 0 Å². The second-order valence-corrected chi connectivity index (χ2v) is 6.91. The Morgan fingerprint density at radius 2 is 0.952 bits per heavy atom. The summed E-state index contributed by atoms with van der Waals surface area (Å²) in [6.45, 7) is 0. The van der Waals surface area contributed by atoms with Crippen LogP contribution < -0.4 is 51.4 Å². The van der Waals surface area contributed by atoms with Crippen LogP contribution in [0, 0.1) is 0 Å². The predicted molar refractivity (Wildman–Crippen MR) is 79.4 cm³/mol. The van der Waals surface area contributed by atoms with Crippen LogP contribution in [-0.2, 0) is 23.9 Å². The van der Waals surface area contributed by atoms with Crippen molar-refractivity contribution in [3.63, 3.8) is 0 Å². The predicted octanol–water partition coefficient (Wildman–Crippen LogP) is -2.29. The summed E-state index contributed by atoms with van der Waals surface area (Å²) in [5.41, 5.74) is 0. The molecule has 2 aromatic rings. The zero-order chi connectivity index (χ0) is 13.9. The van der Waals surface area contributed by atoms with Crippen molar-refractivity contribution in [3.8, 4) is 0 Å². The molecule has 2 rings (SSSR count). The van der Waals surface area contributed by atoms with E-state index in [1.54, 1.807) is 12.1 Å². The molecule has 0 spiro atoms. The molecule has 108 valence electrons. The van der Waals surface area contributed by atoms with Crippen LogP contribution in [0.2, 0.25) is 0 Å². The fourth-order valence-corrected chi connectivity index (χ4v) is 3.92. The third-order valence-corrected chi connectivity index (χ3v) is 5.38. The second kappa shape index (κ2) is 8.93. The molecule has 9 heteroatoms. The van der Waals surface area contributed by atoms with E-state index in [2.05, 4.69) is 3.63 Å². The summed E-state index contributed by atoms with van der Waals surface area (Å²) in [6.07, 6.45) is 0. The molecule has 0 atom stereocenters. The van der Waals surface area contributed by atoms with Gasteiger partial charge in [-0.25, -0.2) is 0 Å². The number of benzene rings is 2. The Labute approximate surface area is 179 Å². The van der Waals surface area contributed by atoms with Crippen LogP contribution in [0.4, 0.5) is 0 Å². The number of hydrogen-bond acceptors (Lipinski definition) is 5. The molecule has 0 saturated heterocycles. The minimum atomic E-state index is -4.35. The molecule has 0 heterocycles. The van der Waals surface area contributed by atoms with Crippen molar-refractivity contribution in [3.05, 3.63) is 60.7 Å². The zero-order valence-electron chi connectivity index (χ0n) is 11.6. The summed E-state index contributed by atoms with van der Waals surface area (Å²) in [5.74, 6) is 0. The maximum absolute atomic E-state index is 11.8. The van der Waals surface area contributed by atoms with Gasteiger partial charge >= 0.3 is 71.6 Å². The van der Waals surface area contributed by atoms with Crippen LogP contribution in [-0.4, -0.2) is 34.2 Å². The van der Waals surface area contributed by atoms with Crippen molar-refractivity contribution in [1.29, 1.82) is 0 Å². The van der Waals surface area contributed by atoms with Crippen molar-refractivity contribution in [1.82, 2.24) is 0 Å². The van der Waals surface area contributed by atoms with Gasteiger partial charge in [0.25, 0.3) is 0 Å². The Balaban J connectivity index is 0. The van der Waals surface area contributed by atoms with E-state index in [1.807, 2.05) is 0 Å². The van der Waals surface area contributed by atoms with Crippen LogP contribution in [0.15, 0.2) is 70.5 Å². The Morgan fingerprint density at radius 1 is 0.667 bits per heavy atom. The Bertz CT molecular complexity index is 700. The molecule has 21 heavy (non-hydrogen) atoms. The van der Waals surface area contributed by atoms with Crippen LogP contribution in [0.5, 0.6) is 0 Å². The van der Waals surface area contributed by atoms with Gasteiger partial charge in [-0.15, -0.1) is 3.63 Å². The first kappa shape index (κ1) is 21.5. The summed E-state index contributed by atoms with van der Waals surface area (Å²) in [4.78, 5) is -0.427. The van der Waals surface area contributed by atoms with Gasteiger partial charge in [0.15, 0.2) is 17.4 Å². The van der Waals surface area contributed by atoms with Crippen molar-refractivity contribution < 1.29 is 73.3 Å². The Hall–Kier alpha value is 0.469. The van der Waals surface area contributed by atoms with E-state index in [9.17, 15) is 16.8 Å². The molecule has 0 bridgehead atoms. The van der Waals surface area contributed by atoms with Crippen LogP contribution in [0.1, 0.15) is 1.43 Å². The van der Waals surface area contributed by atoms with Crippen molar-refractivity contribution in [2.24, 2.45) is 0 Å². The molecule has 0 aromatic heterocycles. The minimum Gasteiger partial charge on any atom is -1.00 e. The third kappa shape index (κ3) is 5.88. The smallest absolute Gasteiger partial charge is 1.00 e. The molecular weight excluding hydrogens is 354 g/mol. The molecule has 0 fully saturated rings. The topological polar surface area (TPSA) is 77.5 Å². The fourth-order valence-electron chi connectivity index (χ4n) is 1.37. The molecule has 0 aliphatic heterocycles. The molecule has 0 aliphatic rings. The molecular formula is C12H14AlKO5S2. The minimum absolute atomic E-state index is 0. The van der Waals surface area contributed by atoms with Crippen molar-refractivity contribution in [2.45, 2.75) is 9.79 Å². The van der Waals surface area contributed by atoms with E-state index in [1.165, 1.54) is 48.5 Å². The standard InChI is InChI=1S/C12H10O5S2.Al.K.4H/c13-18(14,11-7-3-1-4-8-11)17-19(15,16)12-9-5-2-6-10-12;;;;;;/h1-10H;;;;;;/q;;+1;;;;-1. The van der Waals surface area contributed by atoms with Crippen LogP contribution in [0.3, 0.4) is 0 Å². The van der Waals surface area contributed by atoms with Gasteiger partial charge < -0.3 is 1.43 Å². The molecule has 0 aliphatic carbocycles. The van der Waals surface area contributed by atoms with E-state index in [0.29, 0.717) is 0 Å². The summed E-state index contributed by atoms with van der Waals surface area (Å²) in [6, 6.07) is 14.2. The van der Waals surface area contributed by atoms with E-state index in [4.69, 9.17) is 0 Å². The van der Waals surface area contributed by atoms with Crippen LogP contribution in [0.25, 0.3) is 0 Å². The largest absolute Gasteiger partial charge is 1.00 e.